The highest BCUT2D eigenvalue weighted by Gasteiger charge is 2.13. The molecule has 5 heteroatoms. The van der Waals surface area contributed by atoms with Crippen molar-refractivity contribution in [1.82, 2.24) is 4.98 Å². The van der Waals surface area contributed by atoms with Gasteiger partial charge >= 0.3 is 0 Å². The number of benzene rings is 2. The van der Waals surface area contributed by atoms with Crippen LogP contribution >= 0.6 is 0 Å². The van der Waals surface area contributed by atoms with Crippen LogP contribution in [0.2, 0.25) is 0 Å². The largest absolute Gasteiger partial charge is 0.486 e. The average Bonchev–Trinajstić information content (AvgIpc) is 2.94. The second-order valence-electron chi connectivity index (χ2n) is 5.96. The van der Waals surface area contributed by atoms with E-state index in [1.807, 2.05) is 37.3 Å². The average molecular weight is 322 g/mol. The van der Waals surface area contributed by atoms with Crippen molar-refractivity contribution in [2.24, 2.45) is 0 Å². The van der Waals surface area contributed by atoms with Crippen LogP contribution in [-0.4, -0.2) is 24.1 Å². The number of aryl methyl sites for hydroxylation is 1. The Morgan fingerprint density at radius 1 is 1.08 bits per heavy atom. The number of carbonyl (C=O) groups excluding carboxylic acids is 1. The summed E-state index contributed by atoms with van der Waals surface area (Å²) in [6, 6.07) is 13.5. The van der Waals surface area contributed by atoms with E-state index < -0.39 is 0 Å². The van der Waals surface area contributed by atoms with Gasteiger partial charge in [0.25, 0.3) is 0 Å². The van der Waals surface area contributed by atoms with E-state index in [2.05, 4.69) is 16.4 Å². The molecule has 1 aliphatic heterocycles. The van der Waals surface area contributed by atoms with Crippen LogP contribution in [0.3, 0.4) is 0 Å². The van der Waals surface area contributed by atoms with Gasteiger partial charge in [-0.1, -0.05) is 6.07 Å². The summed E-state index contributed by atoms with van der Waals surface area (Å²) in [5.74, 6) is 1.33. The second kappa shape index (κ2) is 5.92. The number of H-pyrrole nitrogens is 1. The molecule has 0 unspecified atom stereocenters. The zero-order valence-corrected chi connectivity index (χ0v) is 13.4. The smallest absolute Gasteiger partial charge is 0.228 e. The minimum absolute atomic E-state index is 0.0571. The van der Waals surface area contributed by atoms with Gasteiger partial charge in [0.2, 0.25) is 5.91 Å². The topological polar surface area (TPSA) is 63.4 Å². The molecule has 0 atom stereocenters. The van der Waals surface area contributed by atoms with Gasteiger partial charge in [-0.3, -0.25) is 4.79 Å². The highest BCUT2D eigenvalue weighted by molar-refractivity contribution is 5.93. The van der Waals surface area contributed by atoms with E-state index in [-0.39, 0.29) is 5.91 Å². The van der Waals surface area contributed by atoms with Crippen LogP contribution in [0.1, 0.15) is 11.3 Å². The molecule has 2 aromatic carbocycles. The standard InChI is InChI=1S/C19H18N2O3/c1-12-8-14-9-13(2-4-16(14)20-12)10-19(22)21-15-3-5-17-18(11-15)24-7-6-23-17/h2-5,8-9,11,20H,6-7,10H2,1H3,(H,21,22). The van der Waals surface area contributed by atoms with E-state index in [9.17, 15) is 4.79 Å². The fourth-order valence-corrected chi connectivity index (χ4v) is 2.95. The minimum Gasteiger partial charge on any atom is -0.486 e. The molecular formula is C19H18N2O3. The molecule has 0 aliphatic carbocycles. The van der Waals surface area contributed by atoms with E-state index in [0.29, 0.717) is 36.8 Å². The summed E-state index contributed by atoms with van der Waals surface area (Å²) < 4.78 is 11.0. The molecule has 0 radical (unpaired) electrons. The van der Waals surface area contributed by atoms with Crippen LogP contribution in [0.5, 0.6) is 11.5 Å². The van der Waals surface area contributed by atoms with Crippen molar-refractivity contribution in [3.63, 3.8) is 0 Å². The number of hydrogen-bond donors (Lipinski definition) is 2. The van der Waals surface area contributed by atoms with Gasteiger partial charge in [-0.25, -0.2) is 0 Å². The van der Waals surface area contributed by atoms with Crippen LogP contribution in [0.25, 0.3) is 10.9 Å². The van der Waals surface area contributed by atoms with Crippen molar-refractivity contribution in [2.45, 2.75) is 13.3 Å². The first-order valence-electron chi connectivity index (χ1n) is 7.95. The lowest BCUT2D eigenvalue weighted by molar-refractivity contribution is -0.115. The Morgan fingerprint density at radius 3 is 2.79 bits per heavy atom. The van der Waals surface area contributed by atoms with Crippen molar-refractivity contribution in [3.05, 3.63) is 53.7 Å². The molecule has 1 aliphatic rings. The number of rotatable bonds is 3. The Bertz CT molecular complexity index is 914. The van der Waals surface area contributed by atoms with E-state index in [4.69, 9.17) is 9.47 Å². The van der Waals surface area contributed by atoms with Crippen LogP contribution in [0.4, 0.5) is 5.69 Å². The van der Waals surface area contributed by atoms with Gasteiger partial charge in [0.1, 0.15) is 13.2 Å². The van der Waals surface area contributed by atoms with Gasteiger partial charge in [-0.05, 0) is 48.2 Å². The molecule has 1 amide bonds. The normalized spacial score (nSPS) is 13.0. The number of ether oxygens (including phenoxy) is 2. The monoisotopic (exact) mass is 322 g/mol. The summed E-state index contributed by atoms with van der Waals surface area (Å²) in [6.45, 7) is 3.11. The number of aromatic amines is 1. The van der Waals surface area contributed by atoms with E-state index in [1.54, 1.807) is 6.07 Å². The Kier molecular flexibility index (Phi) is 3.61. The van der Waals surface area contributed by atoms with Crippen molar-refractivity contribution in [2.75, 3.05) is 18.5 Å². The number of amides is 1. The van der Waals surface area contributed by atoms with Gasteiger partial charge in [-0.15, -0.1) is 0 Å². The zero-order valence-electron chi connectivity index (χ0n) is 13.4. The van der Waals surface area contributed by atoms with Gasteiger partial charge < -0.3 is 19.8 Å². The lowest BCUT2D eigenvalue weighted by Crippen LogP contribution is -2.17. The summed E-state index contributed by atoms with van der Waals surface area (Å²) >= 11 is 0. The Labute approximate surface area is 139 Å². The molecule has 122 valence electrons. The maximum absolute atomic E-state index is 12.3. The van der Waals surface area contributed by atoms with Crippen molar-refractivity contribution >= 4 is 22.5 Å². The lowest BCUT2D eigenvalue weighted by atomic mass is 10.1. The fraction of sp³-hybridized carbons (Fsp3) is 0.211. The molecule has 24 heavy (non-hydrogen) atoms. The molecule has 3 aromatic rings. The minimum atomic E-state index is -0.0571. The van der Waals surface area contributed by atoms with Crippen molar-refractivity contribution < 1.29 is 14.3 Å². The number of nitrogens with one attached hydrogen (secondary N) is 2. The van der Waals surface area contributed by atoms with E-state index in [1.165, 1.54) is 0 Å². The third-order valence-electron chi connectivity index (χ3n) is 4.01. The molecule has 0 bridgehead atoms. The number of aromatic nitrogens is 1. The highest BCUT2D eigenvalue weighted by Crippen LogP contribution is 2.32. The van der Waals surface area contributed by atoms with E-state index in [0.717, 1.165) is 22.2 Å². The maximum Gasteiger partial charge on any atom is 0.228 e. The van der Waals surface area contributed by atoms with Crippen molar-refractivity contribution in [3.8, 4) is 11.5 Å². The molecule has 5 nitrogen and oxygen atoms in total. The SMILES string of the molecule is Cc1cc2cc(CC(=O)Nc3ccc4c(c3)OCCO4)ccc2[nH]1. The third-order valence-corrected chi connectivity index (χ3v) is 4.01. The van der Waals surface area contributed by atoms with Crippen molar-refractivity contribution in [1.29, 1.82) is 0 Å². The Morgan fingerprint density at radius 2 is 1.92 bits per heavy atom. The predicted molar refractivity (Wildman–Crippen MR) is 92.8 cm³/mol. The first kappa shape index (κ1) is 14.6. The van der Waals surface area contributed by atoms with Crippen LogP contribution in [0, 0.1) is 6.92 Å². The lowest BCUT2D eigenvalue weighted by Gasteiger charge is -2.19. The number of hydrogen-bond acceptors (Lipinski definition) is 3. The summed E-state index contributed by atoms with van der Waals surface area (Å²) in [5, 5.41) is 4.03. The predicted octanol–water partition coefficient (Wildman–Crippen LogP) is 3.43. The third kappa shape index (κ3) is 2.93. The number of fused-ring (bicyclic) bond motifs is 2. The molecule has 0 fully saturated rings. The molecule has 0 saturated carbocycles. The highest BCUT2D eigenvalue weighted by atomic mass is 16.6. The summed E-state index contributed by atoms with van der Waals surface area (Å²) in [4.78, 5) is 15.6. The first-order valence-corrected chi connectivity index (χ1v) is 7.95. The summed E-state index contributed by atoms with van der Waals surface area (Å²) in [6.07, 6.45) is 0.328. The Balaban J connectivity index is 1.47. The molecule has 0 saturated heterocycles. The van der Waals surface area contributed by atoms with Crippen LogP contribution < -0.4 is 14.8 Å². The van der Waals surface area contributed by atoms with Gasteiger partial charge in [-0.2, -0.15) is 0 Å². The molecule has 2 N–H and O–H groups in total. The van der Waals surface area contributed by atoms with Gasteiger partial charge in [0.15, 0.2) is 11.5 Å². The maximum atomic E-state index is 12.3. The number of carbonyl (C=O) groups is 1. The molecule has 0 spiro atoms. The Hall–Kier alpha value is -2.95. The van der Waals surface area contributed by atoms with Crippen LogP contribution in [0.15, 0.2) is 42.5 Å². The van der Waals surface area contributed by atoms with Crippen LogP contribution in [-0.2, 0) is 11.2 Å². The summed E-state index contributed by atoms with van der Waals surface area (Å²) in [7, 11) is 0. The molecule has 2 heterocycles. The fourth-order valence-electron chi connectivity index (χ4n) is 2.95. The summed E-state index contributed by atoms with van der Waals surface area (Å²) in [5.41, 5.74) is 3.89. The van der Waals surface area contributed by atoms with E-state index >= 15 is 0 Å². The van der Waals surface area contributed by atoms with Gasteiger partial charge in [0.05, 0.1) is 6.42 Å². The number of anilines is 1. The van der Waals surface area contributed by atoms with Gasteiger partial charge in [0, 0.05) is 23.0 Å². The molecule has 4 rings (SSSR count). The first-order chi connectivity index (χ1) is 11.7. The second-order valence-corrected chi connectivity index (χ2v) is 5.96. The molecule has 1 aromatic heterocycles. The quantitative estimate of drug-likeness (QED) is 0.776. The zero-order chi connectivity index (χ0) is 16.5. The molecular weight excluding hydrogens is 304 g/mol.